The third-order valence-corrected chi connectivity index (χ3v) is 3.90. The maximum Gasteiger partial charge on any atom is 0.323 e. The van der Waals surface area contributed by atoms with Crippen LogP contribution in [0.3, 0.4) is 0 Å². The second-order valence-electron chi connectivity index (χ2n) is 4.70. The molecule has 0 N–H and O–H groups in total. The number of hydrogen-bond donors (Lipinski definition) is 0. The number of fused-ring (bicyclic) bond motifs is 2. The Hall–Kier alpha value is -1.04. The summed E-state index contributed by atoms with van der Waals surface area (Å²) in [5.74, 6) is 0.819. The molecule has 0 aromatic carbocycles. The molecule has 3 heteroatoms. The molecule has 0 aliphatic heterocycles. The number of nitrogens with zero attached hydrogens (tertiary/aromatic N) is 1. The molecule has 0 spiro atoms. The third-order valence-electron chi connectivity index (χ3n) is 3.90. The van der Waals surface area contributed by atoms with Crippen molar-refractivity contribution >= 4 is 5.97 Å². The molecular formula is C12H17NO2. The first kappa shape index (κ1) is 10.5. The summed E-state index contributed by atoms with van der Waals surface area (Å²) in [6, 6.07) is 2.14. The van der Waals surface area contributed by atoms with Crippen LogP contribution < -0.4 is 0 Å². The van der Waals surface area contributed by atoms with Crippen LogP contribution in [-0.4, -0.2) is 12.6 Å². The van der Waals surface area contributed by atoms with Crippen LogP contribution in [0.25, 0.3) is 0 Å². The van der Waals surface area contributed by atoms with Crippen LogP contribution in [0, 0.1) is 35.0 Å². The Morgan fingerprint density at radius 2 is 2.33 bits per heavy atom. The summed E-state index contributed by atoms with van der Waals surface area (Å²) in [5, 5.41) is 9.06. The Labute approximate surface area is 90.4 Å². The summed E-state index contributed by atoms with van der Waals surface area (Å²) >= 11 is 0. The summed E-state index contributed by atoms with van der Waals surface area (Å²) in [7, 11) is 0. The molecule has 0 unspecified atom stereocenters. The normalized spacial score (nSPS) is 34.8. The van der Waals surface area contributed by atoms with Crippen LogP contribution in [0.1, 0.15) is 32.6 Å². The Bertz CT molecular complexity index is 294. The van der Waals surface area contributed by atoms with Crippen molar-refractivity contribution in [3.05, 3.63) is 0 Å². The first-order valence-electron chi connectivity index (χ1n) is 5.82. The van der Waals surface area contributed by atoms with E-state index in [0.717, 1.165) is 12.3 Å². The Morgan fingerprint density at radius 3 is 2.80 bits per heavy atom. The van der Waals surface area contributed by atoms with Crippen LogP contribution >= 0.6 is 0 Å². The smallest absolute Gasteiger partial charge is 0.323 e. The number of carbonyl (C=O) groups excluding carboxylic acids is 1. The van der Waals surface area contributed by atoms with E-state index in [1.165, 1.54) is 19.3 Å². The molecule has 2 rings (SSSR count). The van der Waals surface area contributed by atoms with E-state index in [1.54, 1.807) is 6.92 Å². The molecular weight excluding hydrogens is 190 g/mol. The summed E-state index contributed by atoms with van der Waals surface area (Å²) in [5.41, 5.74) is 0. The van der Waals surface area contributed by atoms with E-state index in [9.17, 15) is 4.79 Å². The zero-order valence-corrected chi connectivity index (χ0v) is 9.11. The van der Waals surface area contributed by atoms with Crippen molar-refractivity contribution in [1.82, 2.24) is 0 Å². The van der Waals surface area contributed by atoms with Crippen molar-refractivity contribution < 1.29 is 9.53 Å². The molecule has 0 aromatic heterocycles. The summed E-state index contributed by atoms with van der Waals surface area (Å²) in [6.45, 7) is 2.16. The van der Waals surface area contributed by atoms with Gasteiger partial charge in [0.25, 0.3) is 0 Å². The van der Waals surface area contributed by atoms with E-state index in [1.807, 2.05) is 0 Å². The zero-order chi connectivity index (χ0) is 10.8. The minimum atomic E-state index is -0.514. The molecule has 4 atom stereocenters. The molecule has 2 aliphatic carbocycles. The number of rotatable bonds is 3. The number of ether oxygens (including phenoxy) is 1. The molecule has 0 heterocycles. The van der Waals surface area contributed by atoms with Gasteiger partial charge >= 0.3 is 5.97 Å². The van der Waals surface area contributed by atoms with Crippen molar-refractivity contribution in [3.63, 3.8) is 0 Å². The maximum atomic E-state index is 11.6. The van der Waals surface area contributed by atoms with Gasteiger partial charge in [-0.3, -0.25) is 4.79 Å². The Kier molecular flexibility index (Phi) is 2.95. The van der Waals surface area contributed by atoms with Crippen LogP contribution in [0.2, 0.25) is 0 Å². The molecule has 2 fully saturated rings. The highest BCUT2D eigenvalue weighted by Crippen LogP contribution is 2.51. The average molecular weight is 207 g/mol. The second kappa shape index (κ2) is 4.22. The van der Waals surface area contributed by atoms with Gasteiger partial charge in [-0.05, 0) is 43.9 Å². The molecule has 3 nitrogen and oxygen atoms in total. The van der Waals surface area contributed by atoms with Gasteiger partial charge in [-0.2, -0.15) is 5.26 Å². The van der Waals surface area contributed by atoms with E-state index in [0.29, 0.717) is 12.5 Å². The monoisotopic (exact) mass is 207 g/mol. The zero-order valence-electron chi connectivity index (χ0n) is 9.11. The predicted molar refractivity (Wildman–Crippen MR) is 54.7 cm³/mol. The van der Waals surface area contributed by atoms with Gasteiger partial charge in [0.1, 0.15) is 5.92 Å². The fourth-order valence-corrected chi connectivity index (χ4v) is 3.26. The maximum absolute atomic E-state index is 11.6. The fraction of sp³-hybridized carbons (Fsp3) is 0.833. The Morgan fingerprint density at radius 1 is 1.53 bits per heavy atom. The highest BCUT2D eigenvalue weighted by molar-refractivity contribution is 5.75. The summed E-state index contributed by atoms with van der Waals surface area (Å²) in [6.07, 6.45) is 4.78. The van der Waals surface area contributed by atoms with Crippen molar-refractivity contribution in [1.29, 1.82) is 5.26 Å². The van der Waals surface area contributed by atoms with Crippen LogP contribution in [-0.2, 0) is 9.53 Å². The summed E-state index contributed by atoms with van der Waals surface area (Å²) in [4.78, 5) is 11.6. The van der Waals surface area contributed by atoms with E-state index in [-0.39, 0.29) is 11.9 Å². The predicted octanol–water partition coefficient (Wildman–Crippen LogP) is 2.13. The average Bonchev–Trinajstić information content (AvgIpc) is 2.81. The quantitative estimate of drug-likeness (QED) is 0.666. The first-order chi connectivity index (χ1) is 7.26. The van der Waals surface area contributed by atoms with E-state index in [2.05, 4.69) is 6.07 Å². The molecule has 82 valence electrons. The van der Waals surface area contributed by atoms with Crippen LogP contribution in [0.5, 0.6) is 0 Å². The van der Waals surface area contributed by atoms with Crippen molar-refractivity contribution in [3.8, 4) is 6.07 Å². The molecule has 0 saturated heterocycles. The molecule has 2 saturated carbocycles. The standard InChI is InChI=1S/C12H17NO2/c1-2-15-12(14)11(7-13)10-6-8-3-4-9(10)5-8/h8-11H,2-6H2,1H3/t8-,9-,10+,11+/m1/s1. The van der Waals surface area contributed by atoms with E-state index >= 15 is 0 Å². The first-order valence-corrected chi connectivity index (χ1v) is 5.82. The molecule has 0 radical (unpaired) electrons. The lowest BCUT2D eigenvalue weighted by Crippen LogP contribution is -2.28. The number of hydrogen-bond acceptors (Lipinski definition) is 3. The summed E-state index contributed by atoms with van der Waals surface area (Å²) < 4.78 is 4.95. The Balaban J connectivity index is 2.02. The van der Waals surface area contributed by atoms with Gasteiger partial charge in [0.2, 0.25) is 0 Å². The number of nitriles is 1. The van der Waals surface area contributed by atoms with E-state index in [4.69, 9.17) is 10.00 Å². The highest BCUT2D eigenvalue weighted by atomic mass is 16.5. The number of esters is 1. The fourth-order valence-electron chi connectivity index (χ4n) is 3.26. The van der Waals surface area contributed by atoms with Crippen LogP contribution in [0.4, 0.5) is 0 Å². The lowest BCUT2D eigenvalue weighted by Gasteiger charge is -2.24. The SMILES string of the molecule is CCOC(=O)[C@@H](C#N)[C@H]1C[C@@H]2CC[C@@H]1C2. The minimum Gasteiger partial charge on any atom is -0.465 e. The van der Waals surface area contributed by atoms with Gasteiger partial charge in [-0.15, -0.1) is 0 Å². The van der Waals surface area contributed by atoms with Gasteiger partial charge in [-0.1, -0.05) is 6.42 Å². The lowest BCUT2D eigenvalue weighted by molar-refractivity contribution is -0.148. The van der Waals surface area contributed by atoms with Gasteiger partial charge < -0.3 is 4.74 Å². The number of carbonyl (C=O) groups is 1. The van der Waals surface area contributed by atoms with Gasteiger partial charge in [-0.25, -0.2) is 0 Å². The molecule has 0 amide bonds. The molecule has 15 heavy (non-hydrogen) atoms. The lowest BCUT2D eigenvalue weighted by atomic mass is 9.80. The second-order valence-corrected chi connectivity index (χ2v) is 4.70. The third kappa shape index (κ3) is 1.86. The van der Waals surface area contributed by atoms with Gasteiger partial charge in [0, 0.05) is 0 Å². The van der Waals surface area contributed by atoms with Crippen molar-refractivity contribution in [2.75, 3.05) is 6.61 Å². The topological polar surface area (TPSA) is 50.1 Å². The molecule has 2 bridgehead atoms. The highest BCUT2D eigenvalue weighted by Gasteiger charge is 2.45. The largest absolute Gasteiger partial charge is 0.465 e. The van der Waals surface area contributed by atoms with Crippen molar-refractivity contribution in [2.24, 2.45) is 23.7 Å². The van der Waals surface area contributed by atoms with Gasteiger partial charge in [0.15, 0.2) is 0 Å². The molecule has 0 aromatic rings. The van der Waals surface area contributed by atoms with E-state index < -0.39 is 5.92 Å². The minimum absolute atomic E-state index is 0.271. The molecule has 2 aliphatic rings. The van der Waals surface area contributed by atoms with Gasteiger partial charge in [0.05, 0.1) is 12.7 Å². The van der Waals surface area contributed by atoms with Crippen molar-refractivity contribution in [2.45, 2.75) is 32.6 Å². The van der Waals surface area contributed by atoms with Crippen LogP contribution in [0.15, 0.2) is 0 Å².